The van der Waals surface area contributed by atoms with Crippen molar-refractivity contribution in [1.82, 2.24) is 10.2 Å². The van der Waals surface area contributed by atoms with Gasteiger partial charge in [0, 0.05) is 19.6 Å². The first-order valence-corrected chi connectivity index (χ1v) is 6.65. The van der Waals surface area contributed by atoms with Gasteiger partial charge in [-0.2, -0.15) is 0 Å². The van der Waals surface area contributed by atoms with Gasteiger partial charge in [0.25, 0.3) is 0 Å². The van der Waals surface area contributed by atoms with Crippen LogP contribution in [0.15, 0.2) is 12.1 Å². The topological polar surface area (TPSA) is 15.3 Å². The number of hydrogen-bond acceptors (Lipinski definition) is 2. The molecule has 0 amide bonds. The molecule has 2 aliphatic heterocycles. The third kappa shape index (κ3) is 2.49. The minimum atomic E-state index is -1.39. The number of likely N-dealkylation sites (tertiary alicyclic amines) is 1. The molecule has 0 aromatic heterocycles. The molecule has 1 unspecified atom stereocenters. The maximum absolute atomic E-state index is 13.2. The van der Waals surface area contributed by atoms with Crippen LogP contribution in [0.25, 0.3) is 0 Å². The van der Waals surface area contributed by atoms with Gasteiger partial charge in [-0.05, 0) is 49.0 Å². The molecule has 2 heterocycles. The van der Waals surface area contributed by atoms with Gasteiger partial charge in [0.15, 0.2) is 17.5 Å². The monoisotopic (exact) mass is 270 g/mol. The van der Waals surface area contributed by atoms with Gasteiger partial charge in [-0.15, -0.1) is 0 Å². The maximum Gasteiger partial charge on any atom is 0.194 e. The molecule has 0 bridgehead atoms. The van der Waals surface area contributed by atoms with Crippen molar-refractivity contribution in [2.75, 3.05) is 26.2 Å². The summed E-state index contributed by atoms with van der Waals surface area (Å²) in [5, 5.41) is 3.37. The molecule has 3 rings (SSSR count). The van der Waals surface area contributed by atoms with Gasteiger partial charge in [0.05, 0.1) is 0 Å². The molecule has 5 heteroatoms. The lowest BCUT2D eigenvalue weighted by Crippen LogP contribution is -2.29. The van der Waals surface area contributed by atoms with Crippen molar-refractivity contribution in [3.8, 4) is 0 Å². The fourth-order valence-electron chi connectivity index (χ4n) is 3.26. The highest BCUT2D eigenvalue weighted by Crippen LogP contribution is 2.36. The minimum absolute atomic E-state index is 0.330. The Morgan fingerprint density at radius 3 is 2.53 bits per heavy atom. The second-order valence-corrected chi connectivity index (χ2v) is 5.76. The van der Waals surface area contributed by atoms with Crippen molar-refractivity contribution in [3.05, 3.63) is 35.1 Å². The van der Waals surface area contributed by atoms with E-state index in [2.05, 4.69) is 10.2 Å². The van der Waals surface area contributed by atoms with Gasteiger partial charge in [-0.1, -0.05) is 0 Å². The first kappa shape index (κ1) is 12.9. The third-order valence-corrected chi connectivity index (χ3v) is 4.30. The number of halogens is 3. The molecule has 104 valence electrons. The molecular formula is C14H17F3N2. The van der Waals surface area contributed by atoms with Crippen LogP contribution < -0.4 is 5.32 Å². The lowest BCUT2D eigenvalue weighted by Gasteiger charge is -2.22. The summed E-state index contributed by atoms with van der Waals surface area (Å²) in [6, 6.07) is 2.19. The van der Waals surface area contributed by atoms with E-state index in [0.29, 0.717) is 17.5 Å². The fourth-order valence-corrected chi connectivity index (χ4v) is 3.26. The van der Waals surface area contributed by atoms with Crippen LogP contribution in [0.1, 0.15) is 18.4 Å². The lowest BCUT2D eigenvalue weighted by molar-refractivity contribution is 0.268. The molecule has 2 saturated heterocycles. The van der Waals surface area contributed by atoms with Crippen molar-refractivity contribution >= 4 is 0 Å². The molecule has 1 atom stereocenters. The van der Waals surface area contributed by atoms with Gasteiger partial charge in [0.1, 0.15) is 0 Å². The fraction of sp³-hybridized carbons (Fsp3) is 0.571. The van der Waals surface area contributed by atoms with Gasteiger partial charge in [-0.3, -0.25) is 4.90 Å². The molecule has 2 aliphatic rings. The second-order valence-electron chi connectivity index (χ2n) is 5.76. The zero-order valence-corrected chi connectivity index (χ0v) is 10.7. The molecule has 19 heavy (non-hydrogen) atoms. The summed E-state index contributed by atoms with van der Waals surface area (Å²) >= 11 is 0. The van der Waals surface area contributed by atoms with Gasteiger partial charge in [-0.25, -0.2) is 13.2 Å². The van der Waals surface area contributed by atoms with Gasteiger partial charge >= 0.3 is 0 Å². The van der Waals surface area contributed by atoms with Crippen LogP contribution in [0.5, 0.6) is 0 Å². The van der Waals surface area contributed by atoms with E-state index in [9.17, 15) is 13.2 Å². The van der Waals surface area contributed by atoms with Crippen LogP contribution in [0.3, 0.4) is 0 Å². The number of benzene rings is 1. The van der Waals surface area contributed by atoms with Crippen LogP contribution in [-0.4, -0.2) is 31.1 Å². The highest BCUT2D eigenvalue weighted by molar-refractivity contribution is 5.19. The van der Waals surface area contributed by atoms with E-state index in [1.807, 2.05) is 0 Å². The predicted molar refractivity (Wildman–Crippen MR) is 66.1 cm³/mol. The molecule has 0 saturated carbocycles. The van der Waals surface area contributed by atoms with Crippen LogP contribution in [0.2, 0.25) is 0 Å². The largest absolute Gasteiger partial charge is 0.316 e. The van der Waals surface area contributed by atoms with Crippen LogP contribution in [0.4, 0.5) is 13.2 Å². The molecule has 0 aliphatic carbocycles. The van der Waals surface area contributed by atoms with E-state index >= 15 is 0 Å². The highest BCUT2D eigenvalue weighted by Gasteiger charge is 2.40. The summed E-state index contributed by atoms with van der Waals surface area (Å²) in [4.78, 5) is 2.19. The smallest absolute Gasteiger partial charge is 0.194 e. The standard InChI is InChI=1S/C14H17F3N2/c15-11-5-10(6-12(16)13(11)17)7-19-4-2-14(9-19)1-3-18-8-14/h5-6,18H,1-4,7-9H2. The van der Waals surface area contributed by atoms with Crippen molar-refractivity contribution in [2.45, 2.75) is 19.4 Å². The van der Waals surface area contributed by atoms with E-state index in [4.69, 9.17) is 0 Å². The summed E-state index contributed by atoms with van der Waals surface area (Å²) < 4.78 is 39.2. The Bertz CT molecular complexity index is 461. The van der Waals surface area contributed by atoms with Gasteiger partial charge < -0.3 is 5.32 Å². The van der Waals surface area contributed by atoms with Crippen LogP contribution >= 0.6 is 0 Å². The lowest BCUT2D eigenvalue weighted by atomic mass is 9.86. The Morgan fingerprint density at radius 1 is 1.16 bits per heavy atom. The third-order valence-electron chi connectivity index (χ3n) is 4.30. The molecule has 0 radical (unpaired) electrons. The van der Waals surface area contributed by atoms with Crippen molar-refractivity contribution in [1.29, 1.82) is 0 Å². The minimum Gasteiger partial charge on any atom is -0.316 e. The van der Waals surface area contributed by atoms with Crippen LogP contribution in [0, 0.1) is 22.9 Å². The predicted octanol–water partition coefficient (Wildman–Crippen LogP) is 2.29. The van der Waals surface area contributed by atoms with E-state index in [1.54, 1.807) is 0 Å². The normalized spacial score (nSPS) is 27.5. The van der Waals surface area contributed by atoms with Crippen molar-refractivity contribution in [3.63, 3.8) is 0 Å². The average molecular weight is 270 g/mol. The molecule has 1 aromatic rings. The number of nitrogens with one attached hydrogen (secondary N) is 1. The van der Waals surface area contributed by atoms with Crippen molar-refractivity contribution in [2.24, 2.45) is 5.41 Å². The Hall–Kier alpha value is -1.07. The summed E-state index contributed by atoms with van der Waals surface area (Å²) in [6.45, 7) is 4.43. The Labute approximate surface area is 110 Å². The van der Waals surface area contributed by atoms with Gasteiger partial charge in [0.2, 0.25) is 0 Å². The molecular weight excluding hydrogens is 253 g/mol. The second kappa shape index (κ2) is 4.80. The number of hydrogen-bond donors (Lipinski definition) is 1. The maximum atomic E-state index is 13.2. The molecule has 1 spiro atoms. The van der Waals surface area contributed by atoms with E-state index in [1.165, 1.54) is 0 Å². The molecule has 2 nitrogen and oxygen atoms in total. The summed E-state index contributed by atoms with van der Waals surface area (Å²) in [5.41, 5.74) is 0.830. The Balaban J connectivity index is 1.69. The van der Waals surface area contributed by atoms with E-state index in [0.717, 1.165) is 51.2 Å². The summed E-state index contributed by atoms with van der Waals surface area (Å²) in [6.07, 6.45) is 2.28. The molecule has 2 fully saturated rings. The number of rotatable bonds is 2. The quantitative estimate of drug-likeness (QED) is 0.830. The van der Waals surface area contributed by atoms with E-state index in [-0.39, 0.29) is 0 Å². The first-order chi connectivity index (χ1) is 9.08. The Morgan fingerprint density at radius 2 is 1.89 bits per heavy atom. The SMILES string of the molecule is Fc1cc(CN2CCC3(CCNC3)C2)cc(F)c1F. The molecule has 1 aromatic carbocycles. The highest BCUT2D eigenvalue weighted by atomic mass is 19.2. The summed E-state index contributed by atoms with van der Waals surface area (Å²) in [7, 11) is 0. The van der Waals surface area contributed by atoms with E-state index < -0.39 is 17.5 Å². The number of nitrogens with zero attached hydrogens (tertiary/aromatic N) is 1. The average Bonchev–Trinajstić information content (AvgIpc) is 2.97. The summed E-state index contributed by atoms with van der Waals surface area (Å²) in [5.74, 6) is -3.60. The Kier molecular flexibility index (Phi) is 3.27. The zero-order valence-electron chi connectivity index (χ0n) is 10.7. The first-order valence-electron chi connectivity index (χ1n) is 6.65. The van der Waals surface area contributed by atoms with Crippen LogP contribution in [-0.2, 0) is 6.54 Å². The molecule has 1 N–H and O–H groups in total. The van der Waals surface area contributed by atoms with Crippen molar-refractivity contribution < 1.29 is 13.2 Å². The zero-order chi connectivity index (χ0) is 13.5.